The number of aliphatic imine (C=N–C) groups is 1. The van der Waals surface area contributed by atoms with E-state index in [-0.39, 0.29) is 0 Å². The van der Waals surface area contributed by atoms with Crippen molar-refractivity contribution < 1.29 is 0 Å². The lowest BCUT2D eigenvalue weighted by Crippen LogP contribution is -2.12. The average molecular weight is 252 g/mol. The summed E-state index contributed by atoms with van der Waals surface area (Å²) in [5.41, 5.74) is 9.24. The third-order valence-corrected chi connectivity index (χ3v) is 3.05. The van der Waals surface area contributed by atoms with Gasteiger partial charge in [-0.1, -0.05) is 55.8 Å². The average Bonchev–Trinajstić information content (AvgIpc) is 2.46. The predicted molar refractivity (Wildman–Crippen MR) is 81.9 cm³/mol. The van der Waals surface area contributed by atoms with E-state index in [1.807, 2.05) is 42.5 Å². The Morgan fingerprint density at radius 3 is 2.58 bits per heavy atom. The zero-order chi connectivity index (χ0) is 13.5. The van der Waals surface area contributed by atoms with Gasteiger partial charge < -0.3 is 5.73 Å². The van der Waals surface area contributed by atoms with Crippen molar-refractivity contribution in [2.24, 2.45) is 10.7 Å². The summed E-state index contributed by atoms with van der Waals surface area (Å²) in [5, 5.41) is 0. The van der Waals surface area contributed by atoms with Crippen molar-refractivity contribution in [3.05, 3.63) is 65.7 Å². The van der Waals surface area contributed by atoms with E-state index in [1.165, 1.54) is 18.4 Å². The van der Waals surface area contributed by atoms with Crippen LogP contribution in [0.4, 0.5) is 5.69 Å². The quantitative estimate of drug-likeness (QED) is 0.632. The minimum Gasteiger partial charge on any atom is -0.383 e. The Morgan fingerprint density at radius 1 is 1.05 bits per heavy atom. The van der Waals surface area contributed by atoms with Crippen molar-refractivity contribution in [1.82, 2.24) is 0 Å². The standard InChI is InChI=1S/C17H20N2/c1-2-3-8-14-9-7-12-16(13-14)19-17(18)15-10-5-4-6-11-15/h4-7,9-13H,2-3,8H2,1H3,(H2,18,19). The molecule has 0 saturated carbocycles. The molecule has 0 aliphatic rings. The van der Waals surface area contributed by atoms with Crippen LogP contribution in [0.25, 0.3) is 0 Å². The second-order valence-electron chi connectivity index (χ2n) is 4.64. The van der Waals surface area contributed by atoms with Crippen molar-refractivity contribution in [1.29, 1.82) is 0 Å². The highest BCUT2D eigenvalue weighted by Gasteiger charge is 1.99. The molecule has 0 unspecified atom stereocenters. The fraction of sp³-hybridized carbons (Fsp3) is 0.235. The van der Waals surface area contributed by atoms with Gasteiger partial charge in [0, 0.05) is 5.56 Å². The molecule has 0 heterocycles. The van der Waals surface area contributed by atoms with Gasteiger partial charge in [-0.05, 0) is 30.5 Å². The molecule has 0 aliphatic carbocycles. The first-order chi connectivity index (χ1) is 9.29. The van der Waals surface area contributed by atoms with Gasteiger partial charge in [0.1, 0.15) is 5.84 Å². The van der Waals surface area contributed by atoms with E-state index in [1.54, 1.807) is 0 Å². The van der Waals surface area contributed by atoms with Gasteiger partial charge in [0.15, 0.2) is 0 Å². The van der Waals surface area contributed by atoms with Gasteiger partial charge in [-0.15, -0.1) is 0 Å². The van der Waals surface area contributed by atoms with Crippen molar-refractivity contribution in [2.45, 2.75) is 26.2 Å². The van der Waals surface area contributed by atoms with E-state index in [4.69, 9.17) is 5.73 Å². The van der Waals surface area contributed by atoms with Crippen LogP contribution in [0.2, 0.25) is 0 Å². The van der Waals surface area contributed by atoms with Crippen LogP contribution in [0, 0.1) is 0 Å². The SMILES string of the molecule is CCCCc1cccc(N=C(N)c2ccccc2)c1. The maximum atomic E-state index is 6.03. The van der Waals surface area contributed by atoms with Crippen LogP contribution in [0.3, 0.4) is 0 Å². The van der Waals surface area contributed by atoms with Crippen LogP contribution in [-0.4, -0.2) is 5.84 Å². The summed E-state index contributed by atoms with van der Waals surface area (Å²) in [6.07, 6.45) is 3.52. The molecule has 0 aromatic heterocycles. The maximum absolute atomic E-state index is 6.03. The zero-order valence-corrected chi connectivity index (χ0v) is 11.3. The Bertz CT molecular complexity index is 544. The van der Waals surface area contributed by atoms with Crippen LogP contribution in [-0.2, 0) is 6.42 Å². The Morgan fingerprint density at radius 2 is 1.84 bits per heavy atom. The number of rotatable bonds is 5. The molecule has 2 heteroatoms. The zero-order valence-electron chi connectivity index (χ0n) is 11.3. The topological polar surface area (TPSA) is 38.4 Å². The van der Waals surface area contributed by atoms with E-state index in [0.717, 1.165) is 17.7 Å². The molecule has 2 aromatic rings. The number of amidine groups is 1. The number of unbranched alkanes of at least 4 members (excludes halogenated alkanes) is 1. The van der Waals surface area contributed by atoms with Crippen LogP contribution < -0.4 is 5.73 Å². The van der Waals surface area contributed by atoms with Gasteiger partial charge in [0.05, 0.1) is 5.69 Å². The lowest BCUT2D eigenvalue weighted by molar-refractivity contribution is 0.795. The van der Waals surface area contributed by atoms with Gasteiger partial charge in [-0.25, -0.2) is 4.99 Å². The van der Waals surface area contributed by atoms with Gasteiger partial charge in [-0.2, -0.15) is 0 Å². The van der Waals surface area contributed by atoms with Crippen LogP contribution in [0.15, 0.2) is 59.6 Å². The molecule has 2 aromatic carbocycles. The highest BCUT2D eigenvalue weighted by molar-refractivity contribution is 5.98. The number of hydrogen-bond donors (Lipinski definition) is 1. The summed E-state index contributed by atoms with van der Waals surface area (Å²) in [6.45, 7) is 2.20. The summed E-state index contributed by atoms with van der Waals surface area (Å²) < 4.78 is 0. The third kappa shape index (κ3) is 3.95. The van der Waals surface area contributed by atoms with E-state index in [2.05, 4.69) is 24.0 Å². The lowest BCUT2D eigenvalue weighted by atomic mass is 10.1. The molecule has 0 spiro atoms. The minimum absolute atomic E-state index is 0.563. The van der Waals surface area contributed by atoms with E-state index >= 15 is 0 Å². The molecule has 19 heavy (non-hydrogen) atoms. The monoisotopic (exact) mass is 252 g/mol. The molecular weight excluding hydrogens is 232 g/mol. The van der Waals surface area contributed by atoms with Crippen molar-refractivity contribution in [3.63, 3.8) is 0 Å². The predicted octanol–water partition coefficient (Wildman–Crippen LogP) is 4.07. The summed E-state index contributed by atoms with van der Waals surface area (Å²) >= 11 is 0. The number of benzene rings is 2. The van der Waals surface area contributed by atoms with Crippen LogP contribution in [0.5, 0.6) is 0 Å². The Kier molecular flexibility index (Phi) is 4.73. The van der Waals surface area contributed by atoms with E-state index < -0.39 is 0 Å². The molecule has 98 valence electrons. The highest BCUT2D eigenvalue weighted by Crippen LogP contribution is 2.16. The normalized spacial score (nSPS) is 11.5. The Hall–Kier alpha value is -2.09. The largest absolute Gasteiger partial charge is 0.383 e. The second kappa shape index (κ2) is 6.74. The fourth-order valence-electron chi connectivity index (χ4n) is 1.97. The maximum Gasteiger partial charge on any atom is 0.131 e. The molecule has 0 aliphatic heterocycles. The number of nitrogens with zero attached hydrogens (tertiary/aromatic N) is 1. The first-order valence-corrected chi connectivity index (χ1v) is 6.78. The van der Waals surface area contributed by atoms with Crippen LogP contribution >= 0.6 is 0 Å². The minimum atomic E-state index is 0.563. The van der Waals surface area contributed by atoms with Gasteiger partial charge in [0.2, 0.25) is 0 Å². The summed E-state index contributed by atoms with van der Waals surface area (Å²) in [7, 11) is 0. The molecule has 2 N–H and O–H groups in total. The molecule has 0 saturated heterocycles. The number of aryl methyl sites for hydroxylation is 1. The van der Waals surface area contributed by atoms with Gasteiger partial charge >= 0.3 is 0 Å². The fourth-order valence-corrected chi connectivity index (χ4v) is 1.97. The van der Waals surface area contributed by atoms with E-state index in [9.17, 15) is 0 Å². The van der Waals surface area contributed by atoms with Crippen molar-refractivity contribution >= 4 is 11.5 Å². The number of nitrogens with two attached hydrogens (primary N) is 1. The molecule has 0 amide bonds. The lowest BCUT2D eigenvalue weighted by Gasteiger charge is -2.03. The molecule has 0 radical (unpaired) electrons. The smallest absolute Gasteiger partial charge is 0.131 e. The summed E-state index contributed by atoms with van der Waals surface area (Å²) in [4.78, 5) is 4.49. The first-order valence-electron chi connectivity index (χ1n) is 6.78. The molecule has 0 fully saturated rings. The van der Waals surface area contributed by atoms with Gasteiger partial charge in [-0.3, -0.25) is 0 Å². The van der Waals surface area contributed by atoms with Gasteiger partial charge in [0.25, 0.3) is 0 Å². The van der Waals surface area contributed by atoms with Crippen molar-refractivity contribution in [3.8, 4) is 0 Å². The second-order valence-corrected chi connectivity index (χ2v) is 4.64. The molecule has 2 nitrogen and oxygen atoms in total. The van der Waals surface area contributed by atoms with Crippen LogP contribution in [0.1, 0.15) is 30.9 Å². The molecular formula is C17H20N2. The first kappa shape index (κ1) is 13.3. The molecule has 0 bridgehead atoms. The highest BCUT2D eigenvalue weighted by atomic mass is 14.9. The Labute approximate surface area is 115 Å². The summed E-state index contributed by atoms with van der Waals surface area (Å²) in [6, 6.07) is 18.2. The Balaban J connectivity index is 2.18. The summed E-state index contributed by atoms with van der Waals surface area (Å²) in [5.74, 6) is 0.563. The third-order valence-electron chi connectivity index (χ3n) is 3.05. The molecule has 2 rings (SSSR count). The molecule has 0 atom stereocenters. The van der Waals surface area contributed by atoms with E-state index in [0.29, 0.717) is 5.84 Å². The van der Waals surface area contributed by atoms with Crippen molar-refractivity contribution in [2.75, 3.05) is 0 Å². The number of hydrogen-bond acceptors (Lipinski definition) is 1.